The quantitative estimate of drug-likeness (QED) is 0.173. The van der Waals surface area contributed by atoms with Crippen LogP contribution in [0.5, 0.6) is 0 Å². The Morgan fingerprint density at radius 2 is 1.30 bits per heavy atom. The summed E-state index contributed by atoms with van der Waals surface area (Å²) < 4.78 is 0. The molecule has 1 N–H and O–H groups in total. The van der Waals surface area contributed by atoms with E-state index in [-0.39, 0.29) is 6.04 Å². The van der Waals surface area contributed by atoms with Crippen molar-refractivity contribution < 1.29 is 0 Å². The van der Waals surface area contributed by atoms with E-state index in [4.69, 9.17) is 4.99 Å². The lowest BCUT2D eigenvalue weighted by atomic mass is 9.91. The second-order valence-electron chi connectivity index (χ2n) is 14.5. The van der Waals surface area contributed by atoms with Gasteiger partial charge in [-0.3, -0.25) is 9.98 Å². The van der Waals surface area contributed by atoms with Crippen LogP contribution in [-0.2, 0) is 0 Å². The van der Waals surface area contributed by atoms with Gasteiger partial charge >= 0.3 is 0 Å². The van der Waals surface area contributed by atoms with Gasteiger partial charge in [0.1, 0.15) is 5.84 Å². The minimum absolute atomic E-state index is 0.134. The van der Waals surface area contributed by atoms with E-state index in [0.29, 0.717) is 5.92 Å². The molecule has 2 heterocycles. The van der Waals surface area contributed by atoms with Crippen molar-refractivity contribution in [2.75, 3.05) is 0 Å². The molecule has 54 heavy (non-hydrogen) atoms. The van der Waals surface area contributed by atoms with Crippen LogP contribution in [-0.4, -0.2) is 12.1 Å². The summed E-state index contributed by atoms with van der Waals surface area (Å²) in [5.74, 6) is 1.26. The zero-order chi connectivity index (χ0) is 35.8. The van der Waals surface area contributed by atoms with Gasteiger partial charge in [0.15, 0.2) is 0 Å². The van der Waals surface area contributed by atoms with Gasteiger partial charge in [-0.1, -0.05) is 146 Å². The van der Waals surface area contributed by atoms with E-state index < -0.39 is 0 Å². The number of allylic oxidation sites excluding steroid dienone is 4. The number of amidine groups is 1. The van der Waals surface area contributed by atoms with E-state index in [1.165, 1.54) is 71.3 Å². The molecule has 0 amide bonds. The van der Waals surface area contributed by atoms with Crippen LogP contribution in [0.4, 0.5) is 0 Å². The molecular formula is C51H39N3. The van der Waals surface area contributed by atoms with Gasteiger partial charge < -0.3 is 5.32 Å². The number of hydrogen-bond donors (Lipinski definition) is 1. The molecule has 0 saturated carbocycles. The van der Waals surface area contributed by atoms with Crippen molar-refractivity contribution in [1.82, 2.24) is 5.32 Å². The second kappa shape index (κ2) is 13.8. The summed E-state index contributed by atoms with van der Waals surface area (Å²) in [7, 11) is 0. The summed E-state index contributed by atoms with van der Waals surface area (Å²) in [5, 5.41) is 11.4. The molecule has 7 aromatic carbocycles. The Balaban J connectivity index is 1.02. The molecule has 258 valence electrons. The molecule has 3 nitrogen and oxygen atoms in total. The first-order valence-corrected chi connectivity index (χ1v) is 19.0. The smallest absolute Gasteiger partial charge is 0.129 e. The van der Waals surface area contributed by atoms with E-state index >= 15 is 0 Å². The summed E-state index contributed by atoms with van der Waals surface area (Å²) in [6.45, 7) is 0. The molecule has 0 saturated heterocycles. The Hall–Kier alpha value is -6.58. The number of fused-ring (bicyclic) bond motifs is 4. The average molecular weight is 694 g/mol. The molecular weight excluding hydrogens is 655 g/mol. The molecule has 1 aliphatic carbocycles. The predicted molar refractivity (Wildman–Crippen MR) is 229 cm³/mol. The highest BCUT2D eigenvalue weighted by molar-refractivity contribution is 6.13. The molecule has 3 aliphatic rings. The standard InChI is InChI=1S/C51H39N3/c1-2-10-39-29-41(27-20-34(39)9-1)40-12-7-13-43(30-40)51-53-49(37-23-18-35(19-24-37)44-14-8-28-52-33-44)32-50(54-51)38-25-21-36(22-26-38)48-31-42-11-3-4-15-45(42)46-16-5-6-17-47(46)48/h1-6,8-12,15-33,44,50H,7,13-14H2,(H,53,54). The maximum absolute atomic E-state index is 5.42. The molecule has 0 spiro atoms. The molecule has 0 radical (unpaired) electrons. The van der Waals surface area contributed by atoms with Crippen LogP contribution in [0.15, 0.2) is 192 Å². The molecule has 2 aliphatic heterocycles. The fourth-order valence-electron chi connectivity index (χ4n) is 8.26. The highest BCUT2D eigenvalue weighted by Gasteiger charge is 2.23. The summed E-state index contributed by atoms with van der Waals surface area (Å²) in [6.07, 6.45) is 16.0. The lowest BCUT2D eigenvalue weighted by Crippen LogP contribution is -2.29. The highest BCUT2D eigenvalue weighted by Crippen LogP contribution is 2.37. The lowest BCUT2D eigenvalue weighted by molar-refractivity contribution is 0.868. The van der Waals surface area contributed by atoms with Crippen molar-refractivity contribution in [2.24, 2.45) is 9.98 Å². The topological polar surface area (TPSA) is 36.8 Å². The van der Waals surface area contributed by atoms with Gasteiger partial charge in [0.05, 0.1) is 6.04 Å². The van der Waals surface area contributed by atoms with Gasteiger partial charge in [0.25, 0.3) is 0 Å². The first-order valence-electron chi connectivity index (χ1n) is 19.0. The number of hydrogen-bond acceptors (Lipinski definition) is 3. The van der Waals surface area contributed by atoms with Crippen molar-refractivity contribution in [3.05, 3.63) is 204 Å². The second-order valence-corrected chi connectivity index (χ2v) is 14.5. The predicted octanol–water partition coefficient (Wildman–Crippen LogP) is 12.8. The first kappa shape index (κ1) is 32.1. The minimum atomic E-state index is -0.134. The Labute approximate surface area is 316 Å². The van der Waals surface area contributed by atoms with Gasteiger partial charge in [-0.25, -0.2) is 0 Å². The number of benzene rings is 7. The van der Waals surface area contributed by atoms with E-state index in [2.05, 4.69) is 186 Å². The monoisotopic (exact) mass is 693 g/mol. The van der Waals surface area contributed by atoms with Crippen molar-refractivity contribution in [2.45, 2.75) is 31.2 Å². The van der Waals surface area contributed by atoms with Crippen molar-refractivity contribution >= 4 is 55.6 Å². The van der Waals surface area contributed by atoms with Crippen molar-refractivity contribution in [1.29, 1.82) is 0 Å². The normalized spacial score (nSPS) is 18.2. The van der Waals surface area contributed by atoms with Crippen LogP contribution in [0.3, 0.4) is 0 Å². The number of aliphatic imine (C=N–C) groups is 2. The molecule has 2 atom stereocenters. The van der Waals surface area contributed by atoms with Crippen LogP contribution >= 0.6 is 0 Å². The van der Waals surface area contributed by atoms with Crippen LogP contribution < -0.4 is 5.32 Å². The van der Waals surface area contributed by atoms with Gasteiger partial charge in [0, 0.05) is 24.0 Å². The van der Waals surface area contributed by atoms with Crippen molar-refractivity contribution in [3.8, 4) is 11.1 Å². The maximum atomic E-state index is 5.42. The molecule has 2 unspecified atom stereocenters. The van der Waals surface area contributed by atoms with E-state index in [1.54, 1.807) is 0 Å². The third-order valence-corrected chi connectivity index (χ3v) is 11.2. The van der Waals surface area contributed by atoms with E-state index in [1.807, 2.05) is 6.20 Å². The third kappa shape index (κ3) is 6.08. The van der Waals surface area contributed by atoms with E-state index in [0.717, 1.165) is 36.4 Å². The summed E-state index contributed by atoms with van der Waals surface area (Å²) >= 11 is 0. The number of nitrogens with zero attached hydrogens (tertiary/aromatic N) is 2. The van der Waals surface area contributed by atoms with Gasteiger partial charge in [-0.2, -0.15) is 0 Å². The maximum Gasteiger partial charge on any atom is 0.129 e. The Bertz CT molecular complexity index is 2760. The zero-order valence-electron chi connectivity index (χ0n) is 30.0. The lowest BCUT2D eigenvalue weighted by Gasteiger charge is -2.26. The molecule has 0 fully saturated rings. The van der Waals surface area contributed by atoms with Crippen LogP contribution in [0, 0.1) is 0 Å². The molecule has 0 bridgehead atoms. The SMILES string of the molecule is C1=CN=CC(c2ccc(C3=CC(c4ccc(-c5cc6ccccc6c6ccccc56)cc4)N=C(C4=CC(c5ccc6ccccc6c5)=CCC4)N3)cc2)C1. The highest BCUT2D eigenvalue weighted by atomic mass is 15.0. The van der Waals surface area contributed by atoms with Crippen LogP contribution in [0.1, 0.15) is 53.5 Å². The summed E-state index contributed by atoms with van der Waals surface area (Å²) in [6, 6.07) is 53.0. The zero-order valence-corrected chi connectivity index (χ0v) is 30.0. The fourth-order valence-corrected chi connectivity index (χ4v) is 8.26. The minimum Gasteiger partial charge on any atom is -0.340 e. The Morgan fingerprint density at radius 1 is 0.593 bits per heavy atom. The molecule has 10 rings (SSSR count). The molecule has 7 aromatic rings. The molecule has 3 heteroatoms. The van der Waals surface area contributed by atoms with Gasteiger partial charge in [-0.15, -0.1) is 0 Å². The summed E-state index contributed by atoms with van der Waals surface area (Å²) in [5.41, 5.74) is 10.9. The van der Waals surface area contributed by atoms with E-state index in [9.17, 15) is 0 Å². The first-order chi connectivity index (χ1) is 26.7. The van der Waals surface area contributed by atoms with Gasteiger partial charge in [-0.05, 0) is 120 Å². The largest absolute Gasteiger partial charge is 0.340 e. The van der Waals surface area contributed by atoms with Gasteiger partial charge in [0.2, 0.25) is 0 Å². The van der Waals surface area contributed by atoms with Crippen LogP contribution in [0.2, 0.25) is 0 Å². The molecule has 0 aromatic heterocycles. The summed E-state index contributed by atoms with van der Waals surface area (Å²) in [4.78, 5) is 9.82. The number of rotatable bonds is 6. The Kier molecular flexibility index (Phi) is 8.18. The Morgan fingerprint density at radius 3 is 2.11 bits per heavy atom. The van der Waals surface area contributed by atoms with Crippen molar-refractivity contribution in [3.63, 3.8) is 0 Å². The number of nitrogens with one attached hydrogen (secondary N) is 1. The third-order valence-electron chi connectivity index (χ3n) is 11.2. The average Bonchev–Trinajstić information content (AvgIpc) is 3.26. The fraction of sp³-hybridized carbons (Fsp3) is 0.0980. The van der Waals surface area contributed by atoms with Crippen LogP contribution in [0.25, 0.3) is 54.7 Å².